The first-order valence-electron chi connectivity index (χ1n) is 10.4. The molecule has 1 heterocycles. The van der Waals surface area contributed by atoms with Gasteiger partial charge in [0, 0.05) is 5.02 Å². The third kappa shape index (κ3) is 5.28. The minimum absolute atomic E-state index is 0.150. The van der Waals surface area contributed by atoms with Gasteiger partial charge in [-0.05, 0) is 76.1 Å². The smallest absolute Gasteiger partial charge is 0.264 e. The summed E-state index contributed by atoms with van der Waals surface area (Å²) in [6.45, 7) is 0.463. The number of amides is 1. The molecular weight excluding hydrogens is 452 g/mol. The van der Waals surface area contributed by atoms with Crippen LogP contribution in [-0.4, -0.2) is 11.1 Å². The summed E-state index contributed by atoms with van der Waals surface area (Å²) >= 11 is 7.25. The summed E-state index contributed by atoms with van der Waals surface area (Å²) in [6.07, 6.45) is 1.85. The zero-order valence-corrected chi connectivity index (χ0v) is 19.1. The number of carbonyl (C=O) groups is 1. The number of fused-ring (bicyclic) bond motifs is 1. The number of thioether (sulfide) groups is 1. The number of nitrogens with one attached hydrogen (secondary N) is 1. The highest BCUT2D eigenvalue weighted by molar-refractivity contribution is 8.18. The van der Waals surface area contributed by atoms with Crippen LogP contribution in [0.3, 0.4) is 0 Å². The van der Waals surface area contributed by atoms with Crippen LogP contribution in [0.2, 0.25) is 5.02 Å². The van der Waals surface area contributed by atoms with Gasteiger partial charge < -0.3 is 10.1 Å². The number of benzene rings is 4. The molecule has 1 saturated heterocycles. The van der Waals surface area contributed by atoms with E-state index in [0.29, 0.717) is 21.7 Å². The Labute approximate surface area is 201 Å². The number of halogens is 1. The highest BCUT2D eigenvalue weighted by atomic mass is 35.5. The molecule has 4 nitrogen and oxygen atoms in total. The monoisotopic (exact) mass is 470 g/mol. The molecule has 0 saturated carbocycles. The minimum Gasteiger partial charge on any atom is -0.489 e. The van der Waals surface area contributed by atoms with Crippen LogP contribution in [0.5, 0.6) is 5.75 Å². The van der Waals surface area contributed by atoms with Gasteiger partial charge in [-0.3, -0.25) is 4.79 Å². The highest BCUT2D eigenvalue weighted by Crippen LogP contribution is 2.29. The quantitative estimate of drug-likeness (QED) is 0.320. The first kappa shape index (κ1) is 21.3. The molecule has 0 aliphatic carbocycles. The van der Waals surface area contributed by atoms with Gasteiger partial charge in [0.25, 0.3) is 5.91 Å². The lowest BCUT2D eigenvalue weighted by Gasteiger charge is -2.06. The third-order valence-corrected chi connectivity index (χ3v) is 6.27. The van der Waals surface area contributed by atoms with Crippen LogP contribution >= 0.6 is 23.4 Å². The fourth-order valence-electron chi connectivity index (χ4n) is 3.40. The summed E-state index contributed by atoms with van der Waals surface area (Å²) in [6, 6.07) is 29.3. The number of rotatable bonds is 5. The molecule has 1 aliphatic heterocycles. The largest absolute Gasteiger partial charge is 0.489 e. The van der Waals surface area contributed by atoms with E-state index in [9.17, 15) is 4.79 Å². The highest BCUT2D eigenvalue weighted by Gasteiger charge is 2.23. The summed E-state index contributed by atoms with van der Waals surface area (Å²) < 4.78 is 5.82. The first-order chi connectivity index (χ1) is 16.1. The van der Waals surface area contributed by atoms with Crippen LogP contribution in [0.1, 0.15) is 11.1 Å². The van der Waals surface area contributed by atoms with Gasteiger partial charge in [-0.1, -0.05) is 66.2 Å². The summed E-state index contributed by atoms with van der Waals surface area (Å²) in [5.74, 6) is 0.608. The van der Waals surface area contributed by atoms with Crippen LogP contribution in [0, 0.1) is 0 Å². The number of carbonyl (C=O) groups excluding carboxylic acids is 1. The zero-order chi connectivity index (χ0) is 22.6. The van der Waals surface area contributed by atoms with Gasteiger partial charge in [-0.15, -0.1) is 0 Å². The van der Waals surface area contributed by atoms with Gasteiger partial charge in [0.15, 0.2) is 5.17 Å². The normalized spacial score (nSPS) is 15.8. The van der Waals surface area contributed by atoms with E-state index in [4.69, 9.17) is 16.3 Å². The predicted molar refractivity (Wildman–Crippen MR) is 137 cm³/mol. The molecule has 5 rings (SSSR count). The van der Waals surface area contributed by atoms with Gasteiger partial charge in [-0.25, -0.2) is 4.99 Å². The first-order valence-corrected chi connectivity index (χ1v) is 11.6. The van der Waals surface area contributed by atoms with Crippen molar-refractivity contribution in [2.45, 2.75) is 6.61 Å². The van der Waals surface area contributed by atoms with Crippen molar-refractivity contribution in [3.05, 3.63) is 112 Å². The predicted octanol–water partition coefficient (Wildman–Crippen LogP) is 6.96. The number of amidine groups is 1. The van der Waals surface area contributed by atoms with Crippen molar-refractivity contribution in [3.63, 3.8) is 0 Å². The fraction of sp³-hybridized carbons (Fsp3) is 0.0370. The van der Waals surface area contributed by atoms with E-state index >= 15 is 0 Å². The molecule has 162 valence electrons. The van der Waals surface area contributed by atoms with Crippen molar-refractivity contribution in [3.8, 4) is 5.75 Å². The van der Waals surface area contributed by atoms with Gasteiger partial charge in [0.2, 0.25) is 0 Å². The Morgan fingerprint density at radius 1 is 0.909 bits per heavy atom. The lowest BCUT2D eigenvalue weighted by atomic mass is 10.1. The Morgan fingerprint density at radius 3 is 2.45 bits per heavy atom. The number of nitrogens with zero attached hydrogens (tertiary/aromatic N) is 1. The third-order valence-electron chi connectivity index (χ3n) is 5.11. The van der Waals surface area contributed by atoms with Gasteiger partial charge in [0.05, 0.1) is 10.6 Å². The Kier molecular flexibility index (Phi) is 6.15. The second-order valence-electron chi connectivity index (χ2n) is 7.50. The lowest BCUT2D eigenvalue weighted by Crippen LogP contribution is -2.19. The van der Waals surface area contributed by atoms with Crippen LogP contribution in [0.4, 0.5) is 5.69 Å². The minimum atomic E-state index is -0.150. The fourth-order valence-corrected chi connectivity index (χ4v) is 4.37. The molecule has 0 radical (unpaired) electrons. The van der Waals surface area contributed by atoms with E-state index in [1.54, 1.807) is 0 Å². The Bertz CT molecular complexity index is 1380. The molecule has 0 spiro atoms. The SMILES string of the molecule is O=C1NC(=Nc2ccc3ccccc3c2)SC1=Cc1ccc(OCc2ccc(Cl)cc2)cc1. The Balaban J connectivity index is 1.25. The molecule has 0 atom stereocenters. The van der Waals surface area contributed by atoms with Crippen molar-refractivity contribution < 1.29 is 9.53 Å². The van der Waals surface area contributed by atoms with Crippen LogP contribution in [-0.2, 0) is 11.4 Å². The topological polar surface area (TPSA) is 50.7 Å². The molecule has 0 aromatic heterocycles. The Hall–Kier alpha value is -3.54. The van der Waals surface area contributed by atoms with Crippen LogP contribution in [0.25, 0.3) is 16.8 Å². The second kappa shape index (κ2) is 9.53. The van der Waals surface area contributed by atoms with E-state index in [-0.39, 0.29) is 5.91 Å². The van der Waals surface area contributed by atoms with Gasteiger partial charge >= 0.3 is 0 Å². The van der Waals surface area contributed by atoms with Crippen LogP contribution in [0.15, 0.2) is 101 Å². The van der Waals surface area contributed by atoms with Crippen LogP contribution < -0.4 is 10.1 Å². The molecule has 6 heteroatoms. The zero-order valence-electron chi connectivity index (χ0n) is 17.5. The molecule has 4 aromatic rings. The summed E-state index contributed by atoms with van der Waals surface area (Å²) in [4.78, 5) is 17.6. The summed E-state index contributed by atoms with van der Waals surface area (Å²) in [5.41, 5.74) is 2.77. The number of aliphatic imine (C=N–C) groups is 1. The Morgan fingerprint density at radius 2 is 1.67 bits per heavy atom. The maximum atomic E-state index is 12.4. The van der Waals surface area contributed by atoms with E-state index in [0.717, 1.165) is 33.3 Å². The molecule has 1 amide bonds. The average Bonchev–Trinajstić information content (AvgIpc) is 3.18. The summed E-state index contributed by atoms with van der Waals surface area (Å²) in [7, 11) is 0. The van der Waals surface area contributed by atoms with Crippen molar-refractivity contribution >= 4 is 57.0 Å². The van der Waals surface area contributed by atoms with Gasteiger partial charge in [-0.2, -0.15) is 0 Å². The lowest BCUT2D eigenvalue weighted by molar-refractivity contribution is -0.115. The molecule has 0 bridgehead atoms. The molecule has 4 aromatic carbocycles. The second-order valence-corrected chi connectivity index (χ2v) is 8.96. The molecule has 0 unspecified atom stereocenters. The van der Waals surface area contributed by atoms with Crippen molar-refractivity contribution in [2.24, 2.45) is 4.99 Å². The van der Waals surface area contributed by atoms with Crippen molar-refractivity contribution in [2.75, 3.05) is 0 Å². The van der Waals surface area contributed by atoms with E-state index in [1.165, 1.54) is 11.8 Å². The standard InChI is InChI=1S/C27H19ClN2O2S/c28-22-10-5-19(6-11-22)17-32-24-13-7-18(8-14-24)15-25-26(31)30-27(33-25)29-23-12-9-20-3-1-2-4-21(20)16-23/h1-16H,17H2,(H,29,30,31). The molecular formula is C27H19ClN2O2S. The molecule has 1 fully saturated rings. The van der Waals surface area contributed by atoms with E-state index < -0.39 is 0 Å². The maximum absolute atomic E-state index is 12.4. The molecule has 1 aliphatic rings. The number of hydrogen-bond acceptors (Lipinski definition) is 4. The van der Waals surface area contributed by atoms with Gasteiger partial charge in [0.1, 0.15) is 12.4 Å². The maximum Gasteiger partial charge on any atom is 0.264 e. The molecule has 33 heavy (non-hydrogen) atoms. The van der Waals surface area contributed by atoms with Crippen molar-refractivity contribution in [1.29, 1.82) is 0 Å². The van der Waals surface area contributed by atoms with E-state index in [2.05, 4.69) is 16.4 Å². The number of hydrogen-bond donors (Lipinski definition) is 1. The molecule has 1 N–H and O–H groups in total. The average molecular weight is 471 g/mol. The van der Waals surface area contributed by atoms with E-state index in [1.807, 2.05) is 91.0 Å². The number of ether oxygens (including phenoxy) is 1. The summed E-state index contributed by atoms with van der Waals surface area (Å²) in [5, 5.41) is 6.40. The van der Waals surface area contributed by atoms with Crippen molar-refractivity contribution in [1.82, 2.24) is 5.32 Å².